The summed E-state index contributed by atoms with van der Waals surface area (Å²) >= 11 is 0. The zero-order valence-electron chi connectivity index (χ0n) is 13.5. The van der Waals surface area contributed by atoms with Crippen LogP contribution < -0.4 is 15.8 Å². The number of amides is 2. The van der Waals surface area contributed by atoms with E-state index in [1.807, 2.05) is 13.8 Å². The summed E-state index contributed by atoms with van der Waals surface area (Å²) in [6.45, 7) is 3.41. The predicted molar refractivity (Wildman–Crippen MR) is 83.9 cm³/mol. The molecule has 0 fully saturated rings. The summed E-state index contributed by atoms with van der Waals surface area (Å²) in [5, 5.41) is 2.58. The zero-order chi connectivity index (χ0) is 17.4. The van der Waals surface area contributed by atoms with E-state index in [0.717, 1.165) is 0 Å². The van der Waals surface area contributed by atoms with Crippen molar-refractivity contribution in [1.29, 1.82) is 0 Å². The van der Waals surface area contributed by atoms with Crippen LogP contribution in [0.25, 0.3) is 0 Å². The standard InChI is InChI=1S/C16H22N2O5/c1-4-10(2)14(16(21)22-3)18-13(19)9-23-12-8-6-5-7-11(12)15(17)20/h5-8,10,14H,4,9H2,1-3H3,(H2,17,20)(H,18,19)/t10-,14-/m0/s1. The number of rotatable bonds is 8. The van der Waals surface area contributed by atoms with Crippen LogP contribution in [0.2, 0.25) is 0 Å². The summed E-state index contributed by atoms with van der Waals surface area (Å²) in [7, 11) is 1.27. The lowest BCUT2D eigenvalue weighted by atomic mass is 9.99. The number of esters is 1. The van der Waals surface area contributed by atoms with Gasteiger partial charge in [-0.15, -0.1) is 0 Å². The Balaban J connectivity index is 2.69. The van der Waals surface area contributed by atoms with Gasteiger partial charge in [-0.3, -0.25) is 9.59 Å². The molecule has 0 bridgehead atoms. The molecule has 0 radical (unpaired) electrons. The van der Waals surface area contributed by atoms with Crippen molar-refractivity contribution in [1.82, 2.24) is 5.32 Å². The highest BCUT2D eigenvalue weighted by atomic mass is 16.5. The maximum atomic E-state index is 12.0. The first-order chi connectivity index (χ1) is 10.9. The molecule has 0 heterocycles. The van der Waals surface area contributed by atoms with Crippen LogP contribution in [0.3, 0.4) is 0 Å². The Hall–Kier alpha value is -2.57. The van der Waals surface area contributed by atoms with Gasteiger partial charge in [-0.25, -0.2) is 4.79 Å². The number of primary amides is 1. The second-order valence-corrected chi connectivity index (χ2v) is 5.10. The van der Waals surface area contributed by atoms with E-state index >= 15 is 0 Å². The summed E-state index contributed by atoms with van der Waals surface area (Å²) in [4.78, 5) is 35.0. The van der Waals surface area contributed by atoms with Gasteiger partial charge < -0.3 is 20.5 Å². The second-order valence-electron chi connectivity index (χ2n) is 5.10. The van der Waals surface area contributed by atoms with E-state index in [2.05, 4.69) is 5.32 Å². The molecule has 0 aliphatic carbocycles. The smallest absolute Gasteiger partial charge is 0.328 e. The van der Waals surface area contributed by atoms with E-state index in [9.17, 15) is 14.4 Å². The van der Waals surface area contributed by atoms with Gasteiger partial charge in [0.05, 0.1) is 12.7 Å². The number of nitrogens with one attached hydrogen (secondary N) is 1. The molecule has 0 unspecified atom stereocenters. The molecule has 2 amide bonds. The van der Waals surface area contributed by atoms with Gasteiger partial charge in [0.2, 0.25) is 0 Å². The third-order valence-electron chi connectivity index (χ3n) is 3.50. The van der Waals surface area contributed by atoms with Gasteiger partial charge in [0.1, 0.15) is 11.8 Å². The highest BCUT2D eigenvalue weighted by Crippen LogP contribution is 2.17. The minimum absolute atomic E-state index is 0.0793. The fraction of sp³-hybridized carbons (Fsp3) is 0.438. The lowest BCUT2D eigenvalue weighted by Gasteiger charge is -2.21. The molecular weight excluding hydrogens is 300 g/mol. The molecule has 0 aliphatic heterocycles. The van der Waals surface area contributed by atoms with E-state index in [1.54, 1.807) is 18.2 Å². The van der Waals surface area contributed by atoms with Crippen molar-refractivity contribution in [3.8, 4) is 5.75 Å². The zero-order valence-corrected chi connectivity index (χ0v) is 13.5. The molecule has 0 saturated heterocycles. The van der Waals surface area contributed by atoms with Crippen molar-refractivity contribution < 1.29 is 23.9 Å². The van der Waals surface area contributed by atoms with Crippen molar-refractivity contribution in [3.05, 3.63) is 29.8 Å². The van der Waals surface area contributed by atoms with Gasteiger partial charge >= 0.3 is 5.97 Å². The maximum absolute atomic E-state index is 12.0. The Bertz CT molecular complexity index is 573. The molecule has 1 aromatic rings. The number of ether oxygens (including phenoxy) is 2. The third-order valence-corrected chi connectivity index (χ3v) is 3.50. The van der Waals surface area contributed by atoms with Crippen LogP contribution >= 0.6 is 0 Å². The number of benzene rings is 1. The Morgan fingerprint density at radius 2 is 1.91 bits per heavy atom. The van der Waals surface area contributed by atoms with Crippen LogP contribution in [0.1, 0.15) is 30.6 Å². The fourth-order valence-corrected chi connectivity index (χ4v) is 1.95. The number of nitrogens with two attached hydrogens (primary N) is 1. The topological polar surface area (TPSA) is 108 Å². The molecule has 1 rings (SSSR count). The molecular formula is C16H22N2O5. The van der Waals surface area contributed by atoms with Crippen LogP contribution in [0.15, 0.2) is 24.3 Å². The van der Waals surface area contributed by atoms with Crippen molar-refractivity contribution in [2.24, 2.45) is 11.7 Å². The maximum Gasteiger partial charge on any atom is 0.328 e. The molecule has 7 heteroatoms. The third kappa shape index (κ3) is 5.28. The van der Waals surface area contributed by atoms with Crippen LogP contribution in [0.4, 0.5) is 0 Å². The molecule has 0 aromatic heterocycles. The molecule has 126 valence electrons. The van der Waals surface area contributed by atoms with Gasteiger partial charge in [-0.2, -0.15) is 0 Å². The molecule has 23 heavy (non-hydrogen) atoms. The fourth-order valence-electron chi connectivity index (χ4n) is 1.95. The van der Waals surface area contributed by atoms with E-state index < -0.39 is 23.8 Å². The average Bonchev–Trinajstić information content (AvgIpc) is 2.56. The van der Waals surface area contributed by atoms with Gasteiger partial charge in [-0.1, -0.05) is 32.4 Å². The highest BCUT2D eigenvalue weighted by molar-refractivity contribution is 5.95. The monoisotopic (exact) mass is 322 g/mol. The first-order valence-electron chi connectivity index (χ1n) is 7.29. The van der Waals surface area contributed by atoms with Crippen molar-refractivity contribution in [2.75, 3.05) is 13.7 Å². The Morgan fingerprint density at radius 1 is 1.26 bits per heavy atom. The molecule has 0 spiro atoms. The first kappa shape index (κ1) is 18.5. The van der Waals surface area contributed by atoms with Crippen LogP contribution in [0, 0.1) is 5.92 Å². The van der Waals surface area contributed by atoms with Crippen molar-refractivity contribution in [2.45, 2.75) is 26.3 Å². The molecule has 0 aliphatic rings. The number of para-hydroxylation sites is 1. The van der Waals surface area contributed by atoms with E-state index in [1.165, 1.54) is 13.2 Å². The highest BCUT2D eigenvalue weighted by Gasteiger charge is 2.26. The SMILES string of the molecule is CC[C@H](C)[C@H](NC(=O)COc1ccccc1C(N)=O)C(=O)OC. The molecule has 1 aromatic carbocycles. The van der Waals surface area contributed by atoms with Crippen LogP contribution in [-0.4, -0.2) is 37.5 Å². The number of methoxy groups -OCH3 is 1. The van der Waals surface area contributed by atoms with Gasteiger partial charge in [0, 0.05) is 0 Å². The van der Waals surface area contributed by atoms with Crippen molar-refractivity contribution >= 4 is 17.8 Å². The predicted octanol–water partition coefficient (Wildman–Crippen LogP) is 0.868. The normalized spacial score (nSPS) is 12.8. The Kier molecular flexibility index (Phi) is 7.05. The second kappa shape index (κ2) is 8.77. The van der Waals surface area contributed by atoms with Gasteiger partial charge in [0.25, 0.3) is 11.8 Å². The van der Waals surface area contributed by atoms with E-state index in [0.29, 0.717) is 6.42 Å². The average molecular weight is 322 g/mol. The number of carbonyl (C=O) groups excluding carboxylic acids is 3. The molecule has 3 N–H and O–H groups in total. The number of hydrogen-bond acceptors (Lipinski definition) is 5. The molecule has 7 nitrogen and oxygen atoms in total. The van der Waals surface area contributed by atoms with Gasteiger partial charge in [0.15, 0.2) is 6.61 Å². The van der Waals surface area contributed by atoms with E-state index in [4.69, 9.17) is 15.2 Å². The van der Waals surface area contributed by atoms with Crippen LogP contribution in [-0.2, 0) is 14.3 Å². The van der Waals surface area contributed by atoms with Crippen LogP contribution in [0.5, 0.6) is 5.75 Å². The lowest BCUT2D eigenvalue weighted by Crippen LogP contribution is -2.47. The molecule has 0 saturated carbocycles. The Morgan fingerprint density at radius 3 is 2.48 bits per heavy atom. The number of carbonyl (C=O) groups is 3. The minimum atomic E-state index is -0.743. The number of hydrogen-bond donors (Lipinski definition) is 2. The summed E-state index contributed by atoms with van der Waals surface area (Å²) in [6.07, 6.45) is 0.700. The molecule has 2 atom stereocenters. The summed E-state index contributed by atoms with van der Waals surface area (Å²) in [5.41, 5.74) is 5.42. The Labute approximate surface area is 135 Å². The van der Waals surface area contributed by atoms with E-state index in [-0.39, 0.29) is 23.8 Å². The minimum Gasteiger partial charge on any atom is -0.483 e. The lowest BCUT2D eigenvalue weighted by molar-refractivity contribution is -0.146. The van der Waals surface area contributed by atoms with Crippen molar-refractivity contribution in [3.63, 3.8) is 0 Å². The summed E-state index contributed by atoms with van der Waals surface area (Å²) < 4.78 is 10.0. The van der Waals surface area contributed by atoms with Gasteiger partial charge in [-0.05, 0) is 18.1 Å². The largest absolute Gasteiger partial charge is 0.483 e. The first-order valence-corrected chi connectivity index (χ1v) is 7.29. The summed E-state index contributed by atoms with van der Waals surface area (Å²) in [6, 6.07) is 5.61. The quantitative estimate of drug-likeness (QED) is 0.690. The summed E-state index contributed by atoms with van der Waals surface area (Å²) in [5.74, 6) is -1.50.